The van der Waals surface area contributed by atoms with Crippen molar-refractivity contribution in [3.8, 4) is 0 Å². The van der Waals surface area contributed by atoms with Crippen LogP contribution in [0.15, 0.2) is 0 Å². The predicted molar refractivity (Wildman–Crippen MR) is 63.0 cm³/mol. The number of carbonyl (C=O) groups excluding carboxylic acids is 1. The highest BCUT2D eigenvalue weighted by atomic mass is 32.2. The van der Waals surface area contributed by atoms with Crippen LogP contribution in [0.4, 0.5) is 0 Å². The Morgan fingerprint density at radius 1 is 1.31 bits per heavy atom. The van der Waals surface area contributed by atoms with Crippen LogP contribution < -0.4 is 5.32 Å². The van der Waals surface area contributed by atoms with Gasteiger partial charge in [0.15, 0.2) is 9.84 Å². The van der Waals surface area contributed by atoms with Crippen LogP contribution in [0.5, 0.6) is 0 Å². The Balaban J connectivity index is 3.88. The molecule has 0 fully saturated rings. The van der Waals surface area contributed by atoms with E-state index in [1.54, 1.807) is 0 Å². The predicted octanol–water partition coefficient (Wildman–Crippen LogP) is 0.352. The molecule has 1 N–H and O–H groups in total. The summed E-state index contributed by atoms with van der Waals surface area (Å²) in [6.07, 6.45) is 0.497. The molecule has 0 radical (unpaired) electrons. The van der Waals surface area contributed by atoms with Crippen LogP contribution in [0, 0.1) is 0 Å². The van der Waals surface area contributed by atoms with Gasteiger partial charge in [-0.05, 0) is 33.7 Å². The van der Waals surface area contributed by atoms with Crippen molar-refractivity contribution in [3.05, 3.63) is 0 Å². The molecule has 0 aromatic heterocycles. The molecule has 0 aromatic rings. The number of methoxy groups -OCH3 is 1. The van der Waals surface area contributed by atoms with Gasteiger partial charge in [-0.25, -0.2) is 8.42 Å². The van der Waals surface area contributed by atoms with Gasteiger partial charge in [0.1, 0.15) is 5.75 Å². The highest BCUT2D eigenvalue weighted by Gasteiger charge is 2.17. The zero-order chi connectivity index (χ0) is 12.8. The molecular formula is C10H21NO4S. The number of ether oxygens (including phenoxy) is 1. The lowest BCUT2D eigenvalue weighted by Gasteiger charge is -2.20. The monoisotopic (exact) mass is 251 g/mol. The summed E-state index contributed by atoms with van der Waals surface area (Å²) in [6, 6.07) is 0. The Hall–Kier alpha value is -0.620. The summed E-state index contributed by atoms with van der Waals surface area (Å²) in [6.45, 7) is 6.64. The quantitative estimate of drug-likeness (QED) is 0.545. The smallest absolute Gasteiger partial charge is 0.320 e. The Bertz CT molecular complexity index is 316. The number of carbonyl (C=O) groups is 1. The molecule has 0 unspecified atom stereocenters. The van der Waals surface area contributed by atoms with Gasteiger partial charge < -0.3 is 10.1 Å². The van der Waals surface area contributed by atoms with Crippen molar-refractivity contribution in [2.45, 2.75) is 32.7 Å². The average molecular weight is 251 g/mol. The first-order valence-electron chi connectivity index (χ1n) is 5.18. The second-order valence-electron chi connectivity index (χ2n) is 4.70. The summed E-state index contributed by atoms with van der Waals surface area (Å²) < 4.78 is 27.1. The SMILES string of the molecule is COC(=O)CS(=O)(=O)CCCNC(C)(C)C. The zero-order valence-corrected chi connectivity index (χ0v) is 11.2. The molecular weight excluding hydrogens is 230 g/mol. The Labute approximate surface area is 97.5 Å². The highest BCUT2D eigenvalue weighted by molar-refractivity contribution is 7.92. The molecule has 0 saturated carbocycles. The van der Waals surface area contributed by atoms with E-state index in [0.29, 0.717) is 13.0 Å². The normalized spacial score (nSPS) is 12.5. The van der Waals surface area contributed by atoms with E-state index in [-0.39, 0.29) is 11.3 Å². The molecule has 0 amide bonds. The average Bonchev–Trinajstić information content (AvgIpc) is 2.10. The van der Waals surface area contributed by atoms with Crippen LogP contribution in [0.1, 0.15) is 27.2 Å². The van der Waals surface area contributed by atoms with Crippen molar-refractivity contribution in [3.63, 3.8) is 0 Å². The lowest BCUT2D eigenvalue weighted by atomic mass is 10.1. The number of rotatable bonds is 6. The molecule has 0 spiro atoms. The van der Waals surface area contributed by atoms with Gasteiger partial charge in [0.05, 0.1) is 12.9 Å². The van der Waals surface area contributed by atoms with Crippen LogP contribution in [0.25, 0.3) is 0 Å². The largest absolute Gasteiger partial charge is 0.468 e. The summed E-state index contributed by atoms with van der Waals surface area (Å²) >= 11 is 0. The van der Waals surface area contributed by atoms with Gasteiger partial charge in [0, 0.05) is 5.54 Å². The molecule has 0 aliphatic carbocycles. The molecule has 96 valence electrons. The summed E-state index contributed by atoms with van der Waals surface area (Å²) in [4.78, 5) is 10.8. The summed E-state index contributed by atoms with van der Waals surface area (Å²) in [7, 11) is -2.15. The van der Waals surface area contributed by atoms with Crippen LogP contribution in [-0.4, -0.2) is 45.1 Å². The van der Waals surface area contributed by atoms with Crippen LogP contribution in [0.2, 0.25) is 0 Å². The highest BCUT2D eigenvalue weighted by Crippen LogP contribution is 2.00. The first-order valence-corrected chi connectivity index (χ1v) is 7.01. The topological polar surface area (TPSA) is 72.5 Å². The fourth-order valence-electron chi connectivity index (χ4n) is 1.07. The third-order valence-corrected chi connectivity index (χ3v) is 3.44. The second-order valence-corrected chi connectivity index (χ2v) is 6.88. The van der Waals surface area contributed by atoms with Gasteiger partial charge in [-0.3, -0.25) is 4.79 Å². The minimum absolute atomic E-state index is 0.00514. The van der Waals surface area contributed by atoms with Gasteiger partial charge in [0.2, 0.25) is 0 Å². The van der Waals surface area contributed by atoms with E-state index in [0.717, 1.165) is 0 Å². The van der Waals surface area contributed by atoms with Gasteiger partial charge in [0.25, 0.3) is 0 Å². The number of hydrogen-bond acceptors (Lipinski definition) is 5. The van der Waals surface area contributed by atoms with Gasteiger partial charge in [-0.2, -0.15) is 0 Å². The van der Waals surface area contributed by atoms with Gasteiger partial charge in [-0.15, -0.1) is 0 Å². The lowest BCUT2D eigenvalue weighted by Crippen LogP contribution is -2.37. The van der Waals surface area contributed by atoms with Crippen LogP contribution >= 0.6 is 0 Å². The van der Waals surface area contributed by atoms with Crippen LogP contribution in [-0.2, 0) is 19.4 Å². The summed E-state index contributed by atoms with van der Waals surface area (Å²) in [5, 5.41) is 3.18. The second kappa shape index (κ2) is 6.20. The van der Waals surface area contributed by atoms with E-state index in [1.165, 1.54) is 7.11 Å². The minimum Gasteiger partial charge on any atom is -0.468 e. The van der Waals surface area contributed by atoms with E-state index in [4.69, 9.17) is 0 Å². The number of hydrogen-bond donors (Lipinski definition) is 1. The molecule has 0 rings (SSSR count). The van der Waals surface area contributed by atoms with Crippen molar-refractivity contribution in [2.75, 3.05) is 25.2 Å². The fourth-order valence-corrected chi connectivity index (χ4v) is 2.27. The zero-order valence-electron chi connectivity index (χ0n) is 10.4. The molecule has 0 heterocycles. The fraction of sp³-hybridized carbons (Fsp3) is 0.900. The molecule has 16 heavy (non-hydrogen) atoms. The van der Waals surface area contributed by atoms with Crippen molar-refractivity contribution in [1.29, 1.82) is 0 Å². The number of sulfone groups is 1. The minimum atomic E-state index is -3.33. The Kier molecular flexibility index (Phi) is 5.96. The van der Waals surface area contributed by atoms with Crippen molar-refractivity contribution >= 4 is 15.8 Å². The number of esters is 1. The van der Waals surface area contributed by atoms with Gasteiger partial charge >= 0.3 is 5.97 Å². The molecule has 0 atom stereocenters. The van der Waals surface area contributed by atoms with Crippen molar-refractivity contribution in [1.82, 2.24) is 5.32 Å². The maximum Gasteiger partial charge on any atom is 0.320 e. The molecule has 0 bridgehead atoms. The van der Waals surface area contributed by atoms with Crippen LogP contribution in [0.3, 0.4) is 0 Å². The molecule has 5 nitrogen and oxygen atoms in total. The first kappa shape index (κ1) is 15.4. The molecule has 0 aliphatic heterocycles. The van der Waals surface area contributed by atoms with Crippen molar-refractivity contribution in [2.24, 2.45) is 0 Å². The first-order chi connectivity index (χ1) is 7.16. The van der Waals surface area contributed by atoms with Crippen molar-refractivity contribution < 1.29 is 17.9 Å². The summed E-state index contributed by atoms with van der Waals surface area (Å²) in [5.41, 5.74) is -0.0217. The standard InChI is InChI=1S/C10H21NO4S/c1-10(2,3)11-6-5-7-16(13,14)8-9(12)15-4/h11H,5-8H2,1-4H3. The number of nitrogens with one attached hydrogen (secondary N) is 1. The molecule has 0 saturated heterocycles. The third-order valence-electron chi connectivity index (χ3n) is 1.85. The maximum atomic E-state index is 11.4. The third kappa shape index (κ3) is 8.67. The van der Waals surface area contributed by atoms with E-state index < -0.39 is 21.6 Å². The Morgan fingerprint density at radius 2 is 1.88 bits per heavy atom. The Morgan fingerprint density at radius 3 is 2.31 bits per heavy atom. The molecule has 0 aromatic carbocycles. The van der Waals surface area contributed by atoms with E-state index in [9.17, 15) is 13.2 Å². The lowest BCUT2D eigenvalue weighted by molar-refractivity contribution is -0.137. The van der Waals surface area contributed by atoms with E-state index >= 15 is 0 Å². The summed E-state index contributed by atoms with van der Waals surface area (Å²) in [5.74, 6) is -1.23. The van der Waals surface area contributed by atoms with E-state index in [2.05, 4.69) is 10.1 Å². The van der Waals surface area contributed by atoms with E-state index in [1.807, 2.05) is 20.8 Å². The molecule has 6 heteroatoms. The van der Waals surface area contributed by atoms with Gasteiger partial charge in [-0.1, -0.05) is 0 Å². The molecule has 0 aliphatic rings. The maximum absolute atomic E-state index is 11.4.